The summed E-state index contributed by atoms with van der Waals surface area (Å²) in [5.74, 6) is 0. The van der Waals surface area contributed by atoms with Gasteiger partial charge in [0.05, 0.1) is 6.61 Å². The third kappa shape index (κ3) is 2.95. The van der Waals surface area contributed by atoms with Gasteiger partial charge in [-0.3, -0.25) is 4.90 Å². The summed E-state index contributed by atoms with van der Waals surface area (Å²) in [7, 11) is 0. The molecule has 5 heteroatoms. The van der Waals surface area contributed by atoms with Crippen LogP contribution in [0.15, 0.2) is 0 Å². The summed E-state index contributed by atoms with van der Waals surface area (Å²) in [4.78, 5) is 16.1. The van der Waals surface area contributed by atoms with E-state index in [4.69, 9.17) is 4.74 Å². The number of aliphatic hydroxyl groups excluding tert-OH is 1. The zero-order valence-electron chi connectivity index (χ0n) is 11.6. The number of carbonyl (C=O) groups excluding carboxylic acids is 1. The van der Waals surface area contributed by atoms with Crippen molar-refractivity contribution in [1.82, 2.24) is 9.80 Å². The molecule has 0 spiro atoms. The van der Waals surface area contributed by atoms with E-state index in [9.17, 15) is 9.90 Å². The monoisotopic (exact) mass is 256 g/mol. The van der Waals surface area contributed by atoms with E-state index in [2.05, 4.69) is 4.90 Å². The number of ether oxygens (including phenoxy) is 1. The lowest BCUT2D eigenvalue weighted by Crippen LogP contribution is -2.55. The van der Waals surface area contributed by atoms with Crippen LogP contribution in [0.25, 0.3) is 0 Å². The molecule has 0 aromatic heterocycles. The zero-order chi connectivity index (χ0) is 13.3. The molecule has 2 fully saturated rings. The van der Waals surface area contributed by atoms with E-state index in [1.807, 2.05) is 20.8 Å². The fourth-order valence-electron chi connectivity index (χ4n) is 2.85. The maximum atomic E-state index is 12.0. The fourth-order valence-corrected chi connectivity index (χ4v) is 2.85. The van der Waals surface area contributed by atoms with Crippen molar-refractivity contribution in [3.63, 3.8) is 0 Å². The molecule has 104 valence electrons. The van der Waals surface area contributed by atoms with E-state index in [-0.39, 0.29) is 18.7 Å². The SMILES string of the molecule is CC(C)(C)OC(=O)N1CCN2[C@@H](CO)CC[C@H]2C1. The molecular formula is C13H24N2O3. The highest BCUT2D eigenvalue weighted by molar-refractivity contribution is 5.68. The fraction of sp³-hybridized carbons (Fsp3) is 0.923. The lowest BCUT2D eigenvalue weighted by molar-refractivity contribution is 0.00201. The minimum Gasteiger partial charge on any atom is -0.444 e. The normalized spacial score (nSPS) is 29.2. The van der Waals surface area contributed by atoms with Gasteiger partial charge in [-0.05, 0) is 33.6 Å². The number of hydrogen-bond donors (Lipinski definition) is 1. The average Bonchev–Trinajstić information content (AvgIpc) is 2.68. The molecule has 18 heavy (non-hydrogen) atoms. The molecule has 0 unspecified atom stereocenters. The number of hydrogen-bond acceptors (Lipinski definition) is 4. The third-order valence-electron chi connectivity index (χ3n) is 3.69. The maximum Gasteiger partial charge on any atom is 0.410 e. The smallest absolute Gasteiger partial charge is 0.410 e. The van der Waals surface area contributed by atoms with Crippen LogP contribution in [0.4, 0.5) is 4.79 Å². The van der Waals surface area contributed by atoms with Gasteiger partial charge in [-0.1, -0.05) is 0 Å². The Morgan fingerprint density at radius 2 is 2.06 bits per heavy atom. The Morgan fingerprint density at radius 3 is 2.67 bits per heavy atom. The van der Waals surface area contributed by atoms with Crippen molar-refractivity contribution in [2.75, 3.05) is 26.2 Å². The molecule has 1 amide bonds. The molecule has 2 atom stereocenters. The van der Waals surface area contributed by atoms with Gasteiger partial charge >= 0.3 is 6.09 Å². The maximum absolute atomic E-state index is 12.0. The van der Waals surface area contributed by atoms with Crippen molar-refractivity contribution in [2.24, 2.45) is 0 Å². The lowest BCUT2D eigenvalue weighted by Gasteiger charge is -2.39. The summed E-state index contributed by atoms with van der Waals surface area (Å²) in [5.41, 5.74) is -0.433. The van der Waals surface area contributed by atoms with Gasteiger partial charge in [-0.2, -0.15) is 0 Å². The van der Waals surface area contributed by atoms with E-state index >= 15 is 0 Å². The molecule has 1 N–H and O–H groups in total. The molecular weight excluding hydrogens is 232 g/mol. The first kappa shape index (κ1) is 13.6. The molecule has 2 aliphatic heterocycles. The van der Waals surface area contributed by atoms with Gasteiger partial charge in [0.25, 0.3) is 0 Å². The predicted octanol–water partition coefficient (Wildman–Crippen LogP) is 1.06. The van der Waals surface area contributed by atoms with Crippen LogP contribution in [-0.4, -0.2) is 64.9 Å². The van der Waals surface area contributed by atoms with Crippen molar-refractivity contribution < 1.29 is 14.6 Å². The molecule has 0 bridgehead atoms. The van der Waals surface area contributed by atoms with Gasteiger partial charge in [0, 0.05) is 31.7 Å². The lowest BCUT2D eigenvalue weighted by atomic mass is 10.1. The Labute approximate surface area is 109 Å². The predicted molar refractivity (Wildman–Crippen MR) is 68.4 cm³/mol. The van der Waals surface area contributed by atoms with Crippen LogP contribution in [0.3, 0.4) is 0 Å². The number of aliphatic hydroxyl groups is 1. The number of carbonyl (C=O) groups is 1. The van der Waals surface area contributed by atoms with Crippen molar-refractivity contribution >= 4 is 6.09 Å². The van der Waals surface area contributed by atoms with Crippen molar-refractivity contribution in [3.8, 4) is 0 Å². The van der Waals surface area contributed by atoms with Crippen LogP contribution in [0.5, 0.6) is 0 Å². The standard InChI is InChI=1S/C13H24N2O3/c1-13(2,3)18-12(17)14-6-7-15-10(8-14)4-5-11(15)9-16/h10-11,16H,4-9H2,1-3H3/t10-,11+/m0/s1. The largest absolute Gasteiger partial charge is 0.444 e. The molecule has 2 heterocycles. The average molecular weight is 256 g/mol. The second-order valence-electron chi connectivity index (χ2n) is 6.23. The van der Waals surface area contributed by atoms with E-state index in [0.717, 1.165) is 25.9 Å². The second-order valence-corrected chi connectivity index (χ2v) is 6.23. The molecule has 2 aliphatic rings. The Kier molecular flexibility index (Phi) is 3.82. The van der Waals surface area contributed by atoms with E-state index < -0.39 is 5.60 Å². The van der Waals surface area contributed by atoms with Crippen LogP contribution in [-0.2, 0) is 4.74 Å². The second kappa shape index (κ2) is 5.05. The Bertz CT molecular complexity index is 314. The molecule has 0 aromatic carbocycles. The Hall–Kier alpha value is -0.810. The highest BCUT2D eigenvalue weighted by atomic mass is 16.6. The first-order chi connectivity index (χ1) is 8.40. The van der Waals surface area contributed by atoms with Crippen LogP contribution in [0.1, 0.15) is 33.6 Å². The molecule has 2 rings (SSSR count). The van der Waals surface area contributed by atoms with E-state index in [0.29, 0.717) is 12.6 Å². The number of fused-ring (bicyclic) bond motifs is 1. The molecule has 0 aliphatic carbocycles. The molecule has 2 saturated heterocycles. The summed E-state index contributed by atoms with van der Waals surface area (Å²) in [5, 5.41) is 9.29. The minimum absolute atomic E-state index is 0.213. The minimum atomic E-state index is -0.433. The van der Waals surface area contributed by atoms with Crippen LogP contribution >= 0.6 is 0 Å². The third-order valence-corrected chi connectivity index (χ3v) is 3.69. The number of piperazine rings is 1. The number of nitrogens with zero attached hydrogens (tertiary/aromatic N) is 2. The van der Waals surface area contributed by atoms with Crippen molar-refractivity contribution in [3.05, 3.63) is 0 Å². The Morgan fingerprint density at radius 1 is 1.33 bits per heavy atom. The highest BCUT2D eigenvalue weighted by Crippen LogP contribution is 2.27. The molecule has 5 nitrogen and oxygen atoms in total. The summed E-state index contributed by atoms with van der Waals surface area (Å²) in [6.07, 6.45) is 1.88. The number of amides is 1. The zero-order valence-corrected chi connectivity index (χ0v) is 11.6. The summed E-state index contributed by atoms with van der Waals surface area (Å²) in [6.45, 7) is 8.15. The van der Waals surface area contributed by atoms with Gasteiger partial charge in [-0.25, -0.2) is 4.79 Å². The number of rotatable bonds is 1. The van der Waals surface area contributed by atoms with Crippen LogP contribution < -0.4 is 0 Å². The summed E-state index contributed by atoms with van der Waals surface area (Å²) < 4.78 is 5.40. The van der Waals surface area contributed by atoms with Crippen molar-refractivity contribution in [2.45, 2.75) is 51.3 Å². The van der Waals surface area contributed by atoms with Gasteiger partial charge in [-0.15, -0.1) is 0 Å². The molecule has 0 aromatic rings. The first-order valence-corrected chi connectivity index (χ1v) is 6.75. The van der Waals surface area contributed by atoms with Gasteiger partial charge in [0.1, 0.15) is 5.60 Å². The van der Waals surface area contributed by atoms with Crippen LogP contribution in [0, 0.1) is 0 Å². The highest BCUT2D eigenvalue weighted by Gasteiger charge is 2.39. The van der Waals surface area contributed by atoms with E-state index in [1.165, 1.54) is 0 Å². The van der Waals surface area contributed by atoms with Gasteiger partial charge < -0.3 is 14.7 Å². The van der Waals surface area contributed by atoms with Gasteiger partial charge in [0.2, 0.25) is 0 Å². The van der Waals surface area contributed by atoms with Gasteiger partial charge in [0.15, 0.2) is 0 Å². The first-order valence-electron chi connectivity index (χ1n) is 6.75. The summed E-state index contributed by atoms with van der Waals surface area (Å²) in [6, 6.07) is 0.680. The topological polar surface area (TPSA) is 53.0 Å². The van der Waals surface area contributed by atoms with Crippen LogP contribution in [0.2, 0.25) is 0 Å². The Balaban J connectivity index is 1.90. The quantitative estimate of drug-likeness (QED) is 0.762. The molecule has 0 saturated carbocycles. The molecule has 0 radical (unpaired) electrons. The van der Waals surface area contributed by atoms with E-state index in [1.54, 1.807) is 4.90 Å². The summed E-state index contributed by atoms with van der Waals surface area (Å²) >= 11 is 0. The van der Waals surface area contributed by atoms with Crippen molar-refractivity contribution in [1.29, 1.82) is 0 Å².